The standard InChI is InChI=1S/C42H26O27/c43-15-7(9-10(23(51)32(60)31(59)22(9)50)11(16(15)44)13-24(52)33(61)37(65)34(62)25(13)53)1-3-5(19(47)29(57)27(55)17(3)45)2(6-4(1)18(46)28(56)30(58)20(6)48)8-12-14-26(54)35(63)38(66)40(68)42(14)69-41(12)39(67)36(64)21(8)49/h43-68H. The van der Waals surface area contributed by atoms with E-state index >= 15 is 0 Å². The molecule has 0 spiro atoms. The molecule has 27 nitrogen and oxygen atoms in total. The van der Waals surface area contributed by atoms with Crippen molar-refractivity contribution in [2.75, 3.05) is 0 Å². The van der Waals surface area contributed by atoms with Crippen molar-refractivity contribution in [3.05, 3.63) is 0 Å². The van der Waals surface area contributed by atoms with Gasteiger partial charge in [0.1, 0.15) is 0 Å². The lowest BCUT2D eigenvalue weighted by atomic mass is 9.80. The Morgan fingerprint density at radius 2 is 0.304 bits per heavy atom. The minimum absolute atomic E-state index is 1.06. The molecule has 69 heavy (non-hydrogen) atoms. The quantitative estimate of drug-likeness (QED) is 0.0663. The Kier molecular flexibility index (Phi) is 8.40. The minimum atomic E-state index is -1.89. The zero-order chi connectivity index (χ0) is 51.0. The molecule has 0 radical (unpaired) electrons. The highest BCUT2D eigenvalue weighted by atomic mass is 16.4. The Morgan fingerprint density at radius 1 is 0.130 bits per heavy atom. The number of benzene rings is 8. The highest BCUT2D eigenvalue weighted by molar-refractivity contribution is 6.35. The second-order valence-corrected chi connectivity index (χ2v) is 15.1. The van der Waals surface area contributed by atoms with Gasteiger partial charge in [-0.15, -0.1) is 0 Å². The van der Waals surface area contributed by atoms with Crippen LogP contribution in [0, 0.1) is 0 Å². The van der Waals surface area contributed by atoms with E-state index in [0.29, 0.717) is 0 Å². The van der Waals surface area contributed by atoms with Gasteiger partial charge in [-0.05, 0) is 0 Å². The lowest BCUT2D eigenvalue weighted by Crippen LogP contribution is -1.98. The zero-order valence-corrected chi connectivity index (χ0v) is 33.0. The number of phenols is 26. The zero-order valence-electron chi connectivity index (χ0n) is 33.0. The Bertz CT molecular complexity index is 3850. The van der Waals surface area contributed by atoms with Crippen LogP contribution in [0.1, 0.15) is 0 Å². The predicted octanol–water partition coefficient (Wildman–Crippen LogP) is 4.39. The molecule has 27 heteroatoms. The first kappa shape index (κ1) is 43.4. The molecule has 0 fully saturated rings. The van der Waals surface area contributed by atoms with Crippen molar-refractivity contribution in [3.63, 3.8) is 0 Å². The van der Waals surface area contributed by atoms with Crippen LogP contribution in [0.5, 0.6) is 149 Å². The van der Waals surface area contributed by atoms with Gasteiger partial charge in [0.2, 0.25) is 80.5 Å². The first-order valence-electron chi connectivity index (χ1n) is 18.5. The van der Waals surface area contributed by atoms with Crippen LogP contribution in [-0.4, -0.2) is 133 Å². The van der Waals surface area contributed by atoms with Gasteiger partial charge in [0.25, 0.3) is 0 Å². The smallest absolute Gasteiger partial charge is 0.208 e. The van der Waals surface area contributed by atoms with E-state index < -0.39 is 237 Å². The van der Waals surface area contributed by atoms with E-state index in [1.807, 2.05) is 0 Å². The number of hydrogen-bond acceptors (Lipinski definition) is 27. The fraction of sp³-hybridized carbons (Fsp3) is 0. The van der Waals surface area contributed by atoms with E-state index in [2.05, 4.69) is 0 Å². The summed E-state index contributed by atoms with van der Waals surface area (Å²) >= 11 is 0. The van der Waals surface area contributed by atoms with Crippen LogP contribution in [0.3, 0.4) is 0 Å². The summed E-state index contributed by atoms with van der Waals surface area (Å²) in [5.41, 5.74) is -10.8. The lowest BCUT2D eigenvalue weighted by Gasteiger charge is -2.25. The predicted molar refractivity (Wildman–Crippen MR) is 226 cm³/mol. The van der Waals surface area contributed by atoms with Crippen molar-refractivity contribution in [1.82, 2.24) is 0 Å². The van der Waals surface area contributed by atoms with E-state index in [4.69, 9.17) is 4.42 Å². The molecule has 0 saturated heterocycles. The fourth-order valence-electron chi connectivity index (χ4n) is 8.57. The van der Waals surface area contributed by atoms with Crippen molar-refractivity contribution in [2.24, 2.45) is 0 Å². The van der Waals surface area contributed by atoms with Crippen LogP contribution in [0.25, 0.3) is 87.6 Å². The maximum atomic E-state index is 12.1. The topological polar surface area (TPSA) is 539 Å². The Balaban J connectivity index is 1.69. The highest BCUT2D eigenvalue weighted by Gasteiger charge is 2.41. The maximum absolute atomic E-state index is 12.1. The third kappa shape index (κ3) is 4.86. The summed E-state index contributed by atoms with van der Waals surface area (Å²) in [7, 11) is 0. The highest BCUT2D eigenvalue weighted by Crippen LogP contribution is 2.70. The average molecular weight is 963 g/mol. The van der Waals surface area contributed by atoms with Gasteiger partial charge < -0.3 is 137 Å². The Hall–Kier alpha value is -10.9. The van der Waals surface area contributed by atoms with Crippen LogP contribution in [0.4, 0.5) is 0 Å². The van der Waals surface area contributed by atoms with Gasteiger partial charge in [-0.2, -0.15) is 0 Å². The maximum Gasteiger partial charge on any atom is 0.208 e. The number of rotatable bonds is 3. The molecule has 0 aliphatic carbocycles. The van der Waals surface area contributed by atoms with Gasteiger partial charge in [-0.25, -0.2) is 0 Å². The molecule has 0 amide bonds. The van der Waals surface area contributed by atoms with E-state index in [1.165, 1.54) is 0 Å². The van der Waals surface area contributed by atoms with Crippen LogP contribution >= 0.6 is 0 Å². The van der Waals surface area contributed by atoms with Gasteiger partial charge in [-0.3, -0.25) is 0 Å². The van der Waals surface area contributed by atoms with Crippen LogP contribution in [0.2, 0.25) is 0 Å². The van der Waals surface area contributed by atoms with E-state index in [1.54, 1.807) is 0 Å². The second-order valence-electron chi connectivity index (χ2n) is 15.1. The van der Waals surface area contributed by atoms with Crippen LogP contribution in [-0.2, 0) is 0 Å². The summed E-state index contributed by atoms with van der Waals surface area (Å²) < 4.78 is 5.41. The van der Waals surface area contributed by atoms with Crippen molar-refractivity contribution in [2.45, 2.75) is 0 Å². The summed E-state index contributed by atoms with van der Waals surface area (Å²) in [5, 5.41) is 279. The molecular weight excluding hydrogens is 936 g/mol. The summed E-state index contributed by atoms with van der Waals surface area (Å²) in [4.78, 5) is 0. The fourth-order valence-corrected chi connectivity index (χ4v) is 8.57. The van der Waals surface area contributed by atoms with Gasteiger partial charge in [0, 0.05) is 65.5 Å². The molecule has 26 N–H and O–H groups in total. The Morgan fingerprint density at radius 3 is 0.638 bits per heavy atom. The SMILES string of the molecule is Oc1c(O)c(O)c(-c2c(O)c(O)c(-c3c4c(O)c(O)c(O)c(O)c4c(-c4c(O)c(O)c(O)c5oc6c(O)c(O)c(O)c(O)c6c45)c4c(O)c(O)c(O)c(O)c34)c3c(O)c(O)c(O)c(O)c23)c(O)c1O. The molecule has 8 aromatic carbocycles. The first-order valence-corrected chi connectivity index (χ1v) is 18.5. The molecule has 1 aromatic heterocycles. The van der Waals surface area contributed by atoms with Crippen molar-refractivity contribution in [1.29, 1.82) is 0 Å². The molecular formula is C42H26O27. The average Bonchev–Trinajstić information content (AvgIpc) is 3.73. The second kappa shape index (κ2) is 13.4. The van der Waals surface area contributed by atoms with Gasteiger partial charge in [-0.1, -0.05) is 0 Å². The Labute approximate surface area is 373 Å². The van der Waals surface area contributed by atoms with E-state index in [-0.39, 0.29) is 0 Å². The molecule has 9 aromatic rings. The van der Waals surface area contributed by atoms with Gasteiger partial charge in [0.15, 0.2) is 80.2 Å². The first-order chi connectivity index (χ1) is 32.2. The lowest BCUT2D eigenvalue weighted by molar-refractivity contribution is 0.329. The number of aromatic hydroxyl groups is 26. The minimum Gasteiger partial charge on any atom is -0.504 e. The van der Waals surface area contributed by atoms with E-state index in [9.17, 15) is 133 Å². The van der Waals surface area contributed by atoms with E-state index in [0.717, 1.165) is 0 Å². The van der Waals surface area contributed by atoms with Crippen LogP contribution < -0.4 is 0 Å². The van der Waals surface area contributed by atoms with Crippen molar-refractivity contribution >= 4 is 54.3 Å². The molecule has 0 bridgehead atoms. The molecule has 356 valence electrons. The number of fused-ring (bicyclic) bond motifs is 6. The summed E-state index contributed by atoms with van der Waals surface area (Å²) in [6, 6.07) is 0. The third-order valence-corrected chi connectivity index (χ3v) is 11.7. The normalized spacial score (nSPS) is 11.8. The third-order valence-electron chi connectivity index (χ3n) is 11.7. The summed E-state index contributed by atoms with van der Waals surface area (Å²) in [5.74, 6) is -44.2. The van der Waals surface area contributed by atoms with Gasteiger partial charge >= 0.3 is 0 Å². The molecule has 0 aliphatic heterocycles. The molecule has 0 unspecified atom stereocenters. The molecule has 9 rings (SSSR count). The van der Waals surface area contributed by atoms with Crippen molar-refractivity contribution < 1.29 is 137 Å². The van der Waals surface area contributed by atoms with Gasteiger partial charge in [0.05, 0.1) is 10.9 Å². The summed E-state index contributed by atoms with van der Waals surface area (Å²) in [6.07, 6.45) is 0. The number of phenolic OH excluding ortho intramolecular Hbond substituents is 26. The number of hydrogen-bond donors (Lipinski definition) is 26. The largest absolute Gasteiger partial charge is 0.504 e. The number of furan rings is 1. The molecule has 0 saturated carbocycles. The van der Waals surface area contributed by atoms with Crippen LogP contribution in [0.15, 0.2) is 4.42 Å². The van der Waals surface area contributed by atoms with Crippen molar-refractivity contribution in [3.8, 4) is 183 Å². The molecule has 0 atom stereocenters. The summed E-state index contributed by atoms with van der Waals surface area (Å²) in [6.45, 7) is 0. The molecule has 1 heterocycles. The molecule has 0 aliphatic rings. The monoisotopic (exact) mass is 962 g/mol.